The number of urea groups is 1. The van der Waals surface area contributed by atoms with Gasteiger partial charge in [0.1, 0.15) is 0 Å². The number of nitrogens with one attached hydrogen (secondary N) is 1. The Morgan fingerprint density at radius 3 is 2.29 bits per heavy atom. The van der Waals surface area contributed by atoms with Crippen molar-refractivity contribution in [2.45, 2.75) is 52.1 Å². The number of amides is 3. The van der Waals surface area contributed by atoms with Crippen molar-refractivity contribution >= 4 is 17.7 Å². The van der Waals surface area contributed by atoms with Crippen molar-refractivity contribution in [3.8, 4) is 0 Å². The first-order chi connectivity index (χ1) is 16.2. The number of ketones is 1. The number of Topliss-reactive ketones (excluding diaryl/α,β-unsaturated/α-hetero) is 1. The largest absolute Gasteiger partial charge is 0.345 e. The third-order valence-corrected chi connectivity index (χ3v) is 7.25. The molecule has 3 aromatic rings. The van der Waals surface area contributed by atoms with Crippen LogP contribution in [-0.2, 0) is 10.3 Å². The Labute approximate surface area is 199 Å². The lowest BCUT2D eigenvalue weighted by Crippen LogP contribution is -2.45. The van der Waals surface area contributed by atoms with E-state index in [0.29, 0.717) is 22.7 Å². The van der Waals surface area contributed by atoms with Gasteiger partial charge in [-0.2, -0.15) is 0 Å². The third kappa shape index (κ3) is 3.36. The van der Waals surface area contributed by atoms with Crippen LogP contribution < -0.4 is 5.32 Å². The average Bonchev–Trinajstić information content (AvgIpc) is 3.56. The second kappa shape index (κ2) is 7.97. The third-order valence-electron chi connectivity index (χ3n) is 7.25. The van der Waals surface area contributed by atoms with Crippen LogP contribution in [0.4, 0.5) is 4.79 Å². The maximum Gasteiger partial charge on any atom is 0.325 e. The van der Waals surface area contributed by atoms with Crippen molar-refractivity contribution in [1.82, 2.24) is 14.8 Å². The number of rotatable bonds is 6. The van der Waals surface area contributed by atoms with E-state index in [1.54, 1.807) is 0 Å². The van der Waals surface area contributed by atoms with Crippen molar-refractivity contribution in [2.75, 3.05) is 6.54 Å². The van der Waals surface area contributed by atoms with E-state index >= 15 is 0 Å². The number of hydrogen-bond acceptors (Lipinski definition) is 3. The zero-order valence-electron chi connectivity index (χ0n) is 20.0. The average molecular weight is 456 g/mol. The van der Waals surface area contributed by atoms with Crippen LogP contribution in [0.1, 0.15) is 62.9 Å². The van der Waals surface area contributed by atoms with Crippen LogP contribution >= 0.6 is 0 Å². The second-order valence-corrected chi connectivity index (χ2v) is 9.55. The number of carbonyl (C=O) groups is 3. The SMILES string of the molecule is Cc1ccc(C2(c3ccccc3)NC(=O)N(CC(=O)c3cc(C)n(C4CC4)c3C)C2=O)cc1C. The van der Waals surface area contributed by atoms with E-state index in [-0.39, 0.29) is 12.3 Å². The molecule has 1 aliphatic carbocycles. The number of carbonyl (C=O) groups excluding carboxylic acids is 3. The Bertz CT molecular complexity index is 1320. The number of benzene rings is 2. The number of imide groups is 1. The second-order valence-electron chi connectivity index (χ2n) is 9.55. The summed E-state index contributed by atoms with van der Waals surface area (Å²) in [6.45, 7) is 7.63. The van der Waals surface area contributed by atoms with E-state index in [4.69, 9.17) is 0 Å². The lowest BCUT2D eigenvalue weighted by Gasteiger charge is -2.28. The van der Waals surface area contributed by atoms with E-state index in [1.165, 1.54) is 0 Å². The lowest BCUT2D eigenvalue weighted by atomic mass is 9.81. The Kier molecular flexibility index (Phi) is 5.19. The highest BCUT2D eigenvalue weighted by molar-refractivity contribution is 6.13. The van der Waals surface area contributed by atoms with E-state index in [0.717, 1.165) is 40.3 Å². The van der Waals surface area contributed by atoms with Gasteiger partial charge in [0, 0.05) is 23.0 Å². The summed E-state index contributed by atoms with van der Waals surface area (Å²) >= 11 is 0. The molecule has 2 aliphatic rings. The fourth-order valence-corrected chi connectivity index (χ4v) is 5.12. The van der Waals surface area contributed by atoms with Gasteiger partial charge in [-0.15, -0.1) is 0 Å². The maximum atomic E-state index is 14.0. The predicted molar refractivity (Wildman–Crippen MR) is 130 cm³/mol. The molecular formula is C28H29N3O3. The van der Waals surface area contributed by atoms with E-state index in [9.17, 15) is 14.4 Å². The molecule has 1 N–H and O–H groups in total. The number of hydrogen-bond donors (Lipinski definition) is 1. The number of nitrogens with zero attached hydrogens (tertiary/aromatic N) is 2. The Balaban J connectivity index is 1.53. The van der Waals surface area contributed by atoms with Crippen LogP contribution in [0.25, 0.3) is 0 Å². The van der Waals surface area contributed by atoms with Gasteiger partial charge in [0.15, 0.2) is 11.3 Å². The summed E-state index contributed by atoms with van der Waals surface area (Å²) in [6.07, 6.45) is 2.24. The van der Waals surface area contributed by atoms with Crippen molar-refractivity contribution < 1.29 is 14.4 Å². The molecule has 3 amide bonds. The summed E-state index contributed by atoms with van der Waals surface area (Å²) in [4.78, 5) is 41.5. The summed E-state index contributed by atoms with van der Waals surface area (Å²) in [6, 6.07) is 16.8. The molecule has 1 unspecified atom stereocenters. The van der Waals surface area contributed by atoms with Gasteiger partial charge in [-0.3, -0.25) is 14.5 Å². The Morgan fingerprint density at radius 2 is 1.65 bits per heavy atom. The molecule has 5 rings (SSSR count). The first kappa shape index (κ1) is 22.1. The Hall–Kier alpha value is -3.67. The number of aryl methyl sites for hydroxylation is 3. The molecule has 0 spiro atoms. The van der Waals surface area contributed by atoms with Crippen LogP contribution in [0.15, 0.2) is 54.6 Å². The van der Waals surface area contributed by atoms with Crippen molar-refractivity contribution in [3.63, 3.8) is 0 Å². The molecule has 2 heterocycles. The molecule has 1 saturated heterocycles. The van der Waals surface area contributed by atoms with Crippen LogP contribution in [0, 0.1) is 27.7 Å². The van der Waals surface area contributed by atoms with Gasteiger partial charge in [-0.05, 0) is 68.9 Å². The summed E-state index contributed by atoms with van der Waals surface area (Å²) < 4.78 is 2.20. The molecule has 34 heavy (non-hydrogen) atoms. The summed E-state index contributed by atoms with van der Waals surface area (Å²) in [5, 5.41) is 2.94. The monoisotopic (exact) mass is 455 g/mol. The standard InChI is InChI=1S/C28H29N3O3/c1-17-10-11-22(14-18(17)2)28(21-8-6-5-7-9-21)26(33)30(27(34)29-28)16-25(32)24-15-19(3)31(20(24)4)23-12-13-23/h5-11,14-15,23H,12-13,16H2,1-4H3,(H,29,34). The van der Waals surface area contributed by atoms with Gasteiger partial charge in [0.25, 0.3) is 5.91 Å². The smallest absolute Gasteiger partial charge is 0.325 e. The highest BCUT2D eigenvalue weighted by atomic mass is 16.2. The van der Waals surface area contributed by atoms with Gasteiger partial charge in [0.05, 0.1) is 6.54 Å². The molecule has 2 fully saturated rings. The van der Waals surface area contributed by atoms with Crippen LogP contribution in [0.5, 0.6) is 0 Å². The molecule has 6 nitrogen and oxygen atoms in total. The molecule has 1 saturated carbocycles. The molecular weight excluding hydrogens is 426 g/mol. The molecule has 6 heteroatoms. The van der Waals surface area contributed by atoms with E-state index in [2.05, 4.69) is 9.88 Å². The van der Waals surface area contributed by atoms with Gasteiger partial charge in [0.2, 0.25) is 0 Å². The molecule has 1 aromatic heterocycles. The van der Waals surface area contributed by atoms with Gasteiger partial charge in [-0.1, -0.05) is 48.5 Å². The maximum absolute atomic E-state index is 14.0. The van der Waals surface area contributed by atoms with E-state index in [1.807, 2.05) is 82.3 Å². The summed E-state index contributed by atoms with van der Waals surface area (Å²) in [5.74, 6) is -0.663. The minimum atomic E-state index is -1.37. The molecule has 174 valence electrons. The highest BCUT2D eigenvalue weighted by Gasteiger charge is 2.54. The molecule has 2 aromatic carbocycles. The van der Waals surface area contributed by atoms with Gasteiger partial charge in [-0.25, -0.2) is 4.79 Å². The van der Waals surface area contributed by atoms with Crippen LogP contribution in [0.2, 0.25) is 0 Å². The minimum Gasteiger partial charge on any atom is -0.345 e. The van der Waals surface area contributed by atoms with Crippen molar-refractivity contribution in [3.05, 3.63) is 93.8 Å². The predicted octanol–water partition coefficient (Wildman–Crippen LogP) is 4.73. The first-order valence-corrected chi connectivity index (χ1v) is 11.7. The highest BCUT2D eigenvalue weighted by Crippen LogP contribution is 2.39. The Morgan fingerprint density at radius 1 is 0.941 bits per heavy atom. The lowest BCUT2D eigenvalue weighted by molar-refractivity contribution is -0.129. The molecule has 0 radical (unpaired) electrons. The normalized spacial score (nSPS) is 20.1. The quantitative estimate of drug-likeness (QED) is 0.431. The minimum absolute atomic E-state index is 0.229. The summed E-state index contributed by atoms with van der Waals surface area (Å²) in [7, 11) is 0. The van der Waals surface area contributed by atoms with Crippen LogP contribution in [0.3, 0.4) is 0 Å². The van der Waals surface area contributed by atoms with Gasteiger partial charge < -0.3 is 9.88 Å². The van der Waals surface area contributed by atoms with Crippen molar-refractivity contribution in [2.24, 2.45) is 0 Å². The fourth-order valence-electron chi connectivity index (χ4n) is 5.12. The van der Waals surface area contributed by atoms with Crippen LogP contribution in [-0.4, -0.2) is 33.7 Å². The zero-order chi connectivity index (χ0) is 24.2. The zero-order valence-corrected chi connectivity index (χ0v) is 20.0. The van der Waals surface area contributed by atoms with Crippen molar-refractivity contribution in [1.29, 1.82) is 0 Å². The van der Waals surface area contributed by atoms with Gasteiger partial charge >= 0.3 is 6.03 Å². The molecule has 0 bridgehead atoms. The fraction of sp³-hybridized carbons (Fsp3) is 0.321. The number of aromatic nitrogens is 1. The van der Waals surface area contributed by atoms with E-state index < -0.39 is 17.5 Å². The molecule has 1 atom stereocenters. The summed E-state index contributed by atoms with van der Waals surface area (Å²) in [5.41, 5.74) is 4.62. The first-order valence-electron chi connectivity index (χ1n) is 11.7. The topological polar surface area (TPSA) is 71.4 Å². The molecule has 1 aliphatic heterocycles.